The van der Waals surface area contributed by atoms with E-state index in [0.717, 1.165) is 0 Å². The summed E-state index contributed by atoms with van der Waals surface area (Å²) in [6, 6.07) is 6.93. The van der Waals surface area contributed by atoms with Gasteiger partial charge in [-0.05, 0) is 18.2 Å². The van der Waals surface area contributed by atoms with Crippen LogP contribution in [0.2, 0.25) is 5.02 Å². The fourth-order valence-electron chi connectivity index (χ4n) is 1.79. The van der Waals surface area contributed by atoms with Crippen LogP contribution in [0.5, 0.6) is 11.5 Å². The predicted molar refractivity (Wildman–Crippen MR) is 88.0 cm³/mol. The van der Waals surface area contributed by atoms with Gasteiger partial charge in [0.2, 0.25) is 0 Å². The molecule has 0 saturated heterocycles. The second-order valence-corrected chi connectivity index (χ2v) is 4.92. The van der Waals surface area contributed by atoms with E-state index in [1.165, 1.54) is 7.11 Å². The Morgan fingerprint density at radius 3 is 2.62 bits per heavy atom. The molecule has 110 valence electrons. The van der Waals surface area contributed by atoms with Crippen molar-refractivity contribution in [1.29, 1.82) is 0 Å². The zero-order chi connectivity index (χ0) is 15.4. The number of nitrogens with two attached hydrogens (primary N) is 1. The van der Waals surface area contributed by atoms with Gasteiger partial charge in [-0.3, -0.25) is 0 Å². The van der Waals surface area contributed by atoms with Crippen LogP contribution in [0.4, 0.5) is 11.5 Å². The Kier molecular flexibility index (Phi) is 4.82. The normalized spacial score (nSPS) is 10.0. The molecule has 0 aliphatic heterocycles. The van der Waals surface area contributed by atoms with Gasteiger partial charge in [0.05, 0.1) is 30.5 Å². The summed E-state index contributed by atoms with van der Waals surface area (Å²) in [7, 11) is 3.10. The number of hydrogen-bond acceptors (Lipinski definition) is 5. The average Bonchev–Trinajstić information content (AvgIpc) is 2.48. The Balaban J connectivity index is 2.44. The molecule has 0 bridgehead atoms. The number of thiocarbonyl (C=S) groups is 1. The molecule has 0 saturated carbocycles. The van der Waals surface area contributed by atoms with Crippen LogP contribution < -0.4 is 20.5 Å². The standard InChI is InChI=1S/C14H14ClN3O2S/c1-19-11-7-12(20-2)10(6-9(11)15)18-14-8(13(16)21)4-3-5-17-14/h3-7H,1-2H3,(H2,16,21)(H,17,18). The second-order valence-electron chi connectivity index (χ2n) is 4.08. The number of methoxy groups -OCH3 is 2. The lowest BCUT2D eigenvalue weighted by Crippen LogP contribution is -2.13. The smallest absolute Gasteiger partial charge is 0.146 e. The first-order chi connectivity index (χ1) is 10.1. The van der Waals surface area contributed by atoms with Gasteiger partial charge >= 0.3 is 0 Å². The third kappa shape index (κ3) is 3.34. The Morgan fingerprint density at radius 2 is 2.00 bits per heavy atom. The zero-order valence-electron chi connectivity index (χ0n) is 11.5. The van der Waals surface area contributed by atoms with Crippen molar-refractivity contribution in [2.45, 2.75) is 0 Å². The minimum atomic E-state index is 0.254. The van der Waals surface area contributed by atoms with Crippen molar-refractivity contribution < 1.29 is 9.47 Å². The van der Waals surface area contributed by atoms with Gasteiger partial charge < -0.3 is 20.5 Å². The molecule has 1 aromatic heterocycles. The lowest BCUT2D eigenvalue weighted by Gasteiger charge is -2.15. The second kappa shape index (κ2) is 6.60. The maximum Gasteiger partial charge on any atom is 0.146 e. The van der Waals surface area contributed by atoms with E-state index in [4.69, 9.17) is 39.0 Å². The number of nitrogens with one attached hydrogen (secondary N) is 1. The van der Waals surface area contributed by atoms with E-state index < -0.39 is 0 Å². The molecule has 0 spiro atoms. The Bertz CT molecular complexity index is 679. The molecule has 5 nitrogen and oxygen atoms in total. The maximum absolute atomic E-state index is 6.14. The molecular weight excluding hydrogens is 310 g/mol. The summed E-state index contributed by atoms with van der Waals surface area (Å²) in [5.74, 6) is 1.62. The van der Waals surface area contributed by atoms with Crippen molar-refractivity contribution in [1.82, 2.24) is 4.98 Å². The molecule has 1 aromatic carbocycles. The van der Waals surface area contributed by atoms with E-state index in [-0.39, 0.29) is 4.99 Å². The summed E-state index contributed by atoms with van der Waals surface area (Å²) < 4.78 is 10.5. The number of aromatic nitrogens is 1. The number of rotatable bonds is 5. The fourth-order valence-corrected chi connectivity index (χ4v) is 2.19. The highest BCUT2D eigenvalue weighted by atomic mass is 35.5. The SMILES string of the molecule is COc1cc(OC)c(Nc2ncccc2C(N)=S)cc1Cl. The largest absolute Gasteiger partial charge is 0.495 e. The predicted octanol–water partition coefficient (Wildman–Crippen LogP) is 3.13. The maximum atomic E-state index is 6.14. The Hall–Kier alpha value is -2.05. The number of halogens is 1. The summed E-state index contributed by atoms with van der Waals surface area (Å²) in [6.07, 6.45) is 1.64. The van der Waals surface area contributed by atoms with Gasteiger partial charge in [0, 0.05) is 12.3 Å². The molecule has 0 atom stereocenters. The molecule has 3 N–H and O–H groups in total. The topological polar surface area (TPSA) is 69.4 Å². The third-order valence-corrected chi connectivity index (χ3v) is 3.32. The Labute approximate surface area is 133 Å². The van der Waals surface area contributed by atoms with Crippen molar-refractivity contribution in [3.8, 4) is 11.5 Å². The van der Waals surface area contributed by atoms with Crippen molar-refractivity contribution in [3.63, 3.8) is 0 Å². The van der Waals surface area contributed by atoms with Gasteiger partial charge in [-0.15, -0.1) is 0 Å². The first kappa shape index (κ1) is 15.3. The van der Waals surface area contributed by atoms with E-state index in [1.54, 1.807) is 37.6 Å². The fraction of sp³-hybridized carbons (Fsp3) is 0.143. The monoisotopic (exact) mass is 323 g/mol. The summed E-state index contributed by atoms with van der Waals surface area (Å²) in [5, 5.41) is 3.57. The molecule has 0 aliphatic carbocycles. The molecule has 7 heteroatoms. The summed E-state index contributed by atoms with van der Waals surface area (Å²) in [6.45, 7) is 0. The van der Waals surface area contributed by atoms with Crippen LogP contribution in [-0.2, 0) is 0 Å². The average molecular weight is 324 g/mol. The van der Waals surface area contributed by atoms with Gasteiger partial charge in [-0.2, -0.15) is 0 Å². The van der Waals surface area contributed by atoms with Crippen LogP contribution in [0, 0.1) is 0 Å². The number of ether oxygens (including phenoxy) is 2. The van der Waals surface area contributed by atoms with Gasteiger partial charge in [0.15, 0.2) is 0 Å². The number of hydrogen-bond donors (Lipinski definition) is 2. The minimum Gasteiger partial charge on any atom is -0.495 e. The quantitative estimate of drug-likeness (QED) is 0.824. The highest BCUT2D eigenvalue weighted by Gasteiger charge is 2.13. The van der Waals surface area contributed by atoms with Crippen LogP contribution in [0.15, 0.2) is 30.5 Å². The van der Waals surface area contributed by atoms with Gasteiger partial charge in [-0.1, -0.05) is 23.8 Å². The molecule has 0 amide bonds. The van der Waals surface area contributed by atoms with Gasteiger partial charge in [0.25, 0.3) is 0 Å². The number of nitrogens with zero attached hydrogens (tertiary/aromatic N) is 1. The van der Waals surface area contributed by atoms with Crippen LogP contribution in [0.3, 0.4) is 0 Å². The van der Waals surface area contributed by atoms with Crippen LogP contribution in [0.25, 0.3) is 0 Å². The van der Waals surface area contributed by atoms with Crippen molar-refractivity contribution in [3.05, 3.63) is 41.0 Å². The molecule has 21 heavy (non-hydrogen) atoms. The lowest BCUT2D eigenvalue weighted by atomic mass is 10.2. The van der Waals surface area contributed by atoms with Gasteiger partial charge in [-0.25, -0.2) is 4.98 Å². The third-order valence-electron chi connectivity index (χ3n) is 2.80. The molecule has 0 aliphatic rings. The number of benzene rings is 1. The molecule has 2 aromatic rings. The van der Waals surface area contributed by atoms with E-state index in [0.29, 0.717) is 33.6 Å². The molecule has 0 unspecified atom stereocenters. The van der Waals surface area contributed by atoms with E-state index >= 15 is 0 Å². The molecule has 0 fully saturated rings. The highest BCUT2D eigenvalue weighted by Crippen LogP contribution is 2.37. The first-order valence-corrected chi connectivity index (χ1v) is 6.78. The van der Waals surface area contributed by atoms with Crippen LogP contribution >= 0.6 is 23.8 Å². The lowest BCUT2D eigenvalue weighted by molar-refractivity contribution is 0.396. The van der Waals surface area contributed by atoms with Crippen molar-refractivity contribution >= 4 is 40.3 Å². The van der Waals surface area contributed by atoms with Crippen LogP contribution in [-0.4, -0.2) is 24.2 Å². The number of anilines is 2. The van der Waals surface area contributed by atoms with E-state index in [9.17, 15) is 0 Å². The Morgan fingerprint density at radius 1 is 1.29 bits per heavy atom. The van der Waals surface area contributed by atoms with E-state index in [2.05, 4.69) is 10.3 Å². The minimum absolute atomic E-state index is 0.254. The van der Waals surface area contributed by atoms with Gasteiger partial charge in [0.1, 0.15) is 22.3 Å². The molecule has 2 rings (SSSR count). The summed E-state index contributed by atoms with van der Waals surface area (Å²) >= 11 is 11.1. The van der Waals surface area contributed by atoms with Crippen molar-refractivity contribution in [2.24, 2.45) is 5.73 Å². The zero-order valence-corrected chi connectivity index (χ0v) is 13.1. The van der Waals surface area contributed by atoms with Crippen LogP contribution in [0.1, 0.15) is 5.56 Å². The number of pyridine rings is 1. The molecule has 1 heterocycles. The molecular formula is C14H14ClN3O2S. The highest BCUT2D eigenvalue weighted by molar-refractivity contribution is 7.80. The first-order valence-electron chi connectivity index (χ1n) is 6.00. The summed E-state index contributed by atoms with van der Waals surface area (Å²) in [4.78, 5) is 4.49. The summed E-state index contributed by atoms with van der Waals surface area (Å²) in [5.41, 5.74) is 6.97. The van der Waals surface area contributed by atoms with E-state index in [1.807, 2.05) is 0 Å². The van der Waals surface area contributed by atoms with Crippen molar-refractivity contribution in [2.75, 3.05) is 19.5 Å². The molecule has 0 radical (unpaired) electrons.